The second-order valence-corrected chi connectivity index (χ2v) is 5.37. The number of halogens is 2. The number of hydrogen-bond acceptors (Lipinski definition) is 4. The van der Waals surface area contributed by atoms with E-state index >= 15 is 0 Å². The van der Waals surface area contributed by atoms with Crippen LogP contribution in [0.25, 0.3) is 0 Å². The fraction of sp³-hybridized carbons (Fsp3) is 0.0769. The Morgan fingerprint density at radius 3 is 2.65 bits per heavy atom. The second kappa shape index (κ2) is 7.25. The summed E-state index contributed by atoms with van der Waals surface area (Å²) in [5, 5.41) is 3.75. The molecule has 2 aromatic rings. The van der Waals surface area contributed by atoms with Gasteiger partial charge in [0.2, 0.25) is 0 Å². The number of benzene rings is 1. The van der Waals surface area contributed by atoms with Crippen molar-refractivity contribution in [1.29, 1.82) is 0 Å². The molecule has 0 atom stereocenters. The molecule has 0 saturated carbocycles. The highest BCUT2D eigenvalue weighted by atomic mass is 79.9. The number of rotatable bonds is 5. The minimum absolute atomic E-state index is 0.110. The van der Waals surface area contributed by atoms with Gasteiger partial charge in [0, 0.05) is 4.47 Å². The van der Waals surface area contributed by atoms with Crippen molar-refractivity contribution in [3.63, 3.8) is 0 Å². The number of furan rings is 1. The zero-order valence-electron chi connectivity index (χ0n) is 10.2. The molecule has 0 bridgehead atoms. The number of amides is 1. The average Bonchev–Trinajstić information content (AvgIpc) is 2.84. The van der Waals surface area contributed by atoms with Crippen molar-refractivity contribution in [2.45, 2.75) is 0 Å². The normalized spacial score (nSPS) is 10.7. The molecule has 7 heteroatoms. The van der Waals surface area contributed by atoms with Crippen LogP contribution in [-0.2, 0) is 4.79 Å². The number of carbonyl (C=O) groups is 1. The lowest BCUT2D eigenvalue weighted by Crippen LogP contribution is -2.24. The molecule has 0 radical (unpaired) electrons. The lowest BCUT2D eigenvalue weighted by Gasteiger charge is -2.04. The third-order valence-corrected chi connectivity index (χ3v) is 3.11. The summed E-state index contributed by atoms with van der Waals surface area (Å²) >= 11 is 6.49. The number of hydrogen-bond donors (Lipinski definition) is 1. The van der Waals surface area contributed by atoms with E-state index in [1.54, 1.807) is 24.3 Å². The molecule has 1 aromatic carbocycles. The smallest absolute Gasteiger partial charge is 0.277 e. The van der Waals surface area contributed by atoms with E-state index in [1.807, 2.05) is 12.1 Å². The first kappa shape index (κ1) is 14.8. The number of ether oxygens (including phenoxy) is 1. The van der Waals surface area contributed by atoms with Gasteiger partial charge in [-0.05, 0) is 52.3 Å². The van der Waals surface area contributed by atoms with Gasteiger partial charge in [0.1, 0.15) is 11.5 Å². The molecule has 2 rings (SSSR count). The van der Waals surface area contributed by atoms with Crippen molar-refractivity contribution in [1.82, 2.24) is 5.43 Å². The minimum Gasteiger partial charge on any atom is -0.484 e. The third-order valence-electron chi connectivity index (χ3n) is 2.16. The highest BCUT2D eigenvalue weighted by Crippen LogP contribution is 2.15. The zero-order chi connectivity index (χ0) is 14.4. The van der Waals surface area contributed by atoms with Crippen LogP contribution < -0.4 is 10.2 Å². The molecule has 5 nitrogen and oxygen atoms in total. The van der Waals surface area contributed by atoms with Gasteiger partial charge in [-0.25, -0.2) is 5.43 Å². The molecule has 1 amide bonds. The van der Waals surface area contributed by atoms with Crippen LogP contribution in [0.1, 0.15) is 5.76 Å². The van der Waals surface area contributed by atoms with Gasteiger partial charge in [-0.3, -0.25) is 4.79 Å². The molecule has 1 N–H and O–H groups in total. The topological polar surface area (TPSA) is 63.8 Å². The molecular weight excluding hydrogens is 392 g/mol. The third kappa shape index (κ3) is 4.82. The fourth-order valence-corrected chi connectivity index (χ4v) is 1.86. The van der Waals surface area contributed by atoms with E-state index in [0.29, 0.717) is 16.2 Å². The van der Waals surface area contributed by atoms with Gasteiger partial charge >= 0.3 is 0 Å². The van der Waals surface area contributed by atoms with Crippen LogP contribution in [0.3, 0.4) is 0 Å². The van der Waals surface area contributed by atoms with Gasteiger partial charge in [0.05, 0.1) is 6.21 Å². The van der Waals surface area contributed by atoms with Gasteiger partial charge in [0.25, 0.3) is 5.91 Å². The summed E-state index contributed by atoms with van der Waals surface area (Å²) in [5.41, 5.74) is 2.34. The molecule has 104 valence electrons. The first-order chi connectivity index (χ1) is 9.63. The highest BCUT2D eigenvalue weighted by Gasteiger charge is 2.01. The van der Waals surface area contributed by atoms with Gasteiger partial charge in [0.15, 0.2) is 11.3 Å². The van der Waals surface area contributed by atoms with Crippen molar-refractivity contribution in [2.75, 3.05) is 6.61 Å². The molecule has 0 aliphatic carbocycles. The molecule has 0 fully saturated rings. The van der Waals surface area contributed by atoms with E-state index in [9.17, 15) is 4.79 Å². The molecule has 20 heavy (non-hydrogen) atoms. The first-order valence-electron chi connectivity index (χ1n) is 5.59. The van der Waals surface area contributed by atoms with Crippen molar-refractivity contribution >= 4 is 44.0 Å². The summed E-state index contributed by atoms with van der Waals surface area (Å²) in [6, 6.07) is 10.7. The van der Waals surface area contributed by atoms with E-state index in [1.165, 1.54) is 6.21 Å². The monoisotopic (exact) mass is 400 g/mol. The molecule has 0 saturated heterocycles. The molecule has 0 aliphatic rings. The Morgan fingerprint density at radius 1 is 1.25 bits per heavy atom. The lowest BCUT2D eigenvalue weighted by atomic mass is 10.3. The van der Waals surface area contributed by atoms with Crippen LogP contribution in [0.2, 0.25) is 0 Å². The molecule has 1 heterocycles. The van der Waals surface area contributed by atoms with Gasteiger partial charge < -0.3 is 9.15 Å². The molecule has 0 spiro atoms. The summed E-state index contributed by atoms with van der Waals surface area (Å²) in [6.07, 6.45) is 1.41. The van der Waals surface area contributed by atoms with Crippen LogP contribution in [0.5, 0.6) is 5.75 Å². The maximum Gasteiger partial charge on any atom is 0.277 e. The summed E-state index contributed by atoms with van der Waals surface area (Å²) in [5.74, 6) is 0.795. The Labute approximate surface area is 132 Å². The summed E-state index contributed by atoms with van der Waals surface area (Å²) in [7, 11) is 0. The Morgan fingerprint density at radius 2 is 2.00 bits per heavy atom. The Bertz CT molecular complexity index is 608. The summed E-state index contributed by atoms with van der Waals surface area (Å²) < 4.78 is 12.0. The van der Waals surface area contributed by atoms with Crippen molar-refractivity contribution in [3.05, 3.63) is 51.3 Å². The standard InChI is InChI=1S/C13H10Br2N2O3/c14-9-1-3-10(4-2-9)19-8-13(18)17-16-7-11-5-6-12(15)20-11/h1-7H,8H2,(H,17,18)/b16-7+. The zero-order valence-corrected chi connectivity index (χ0v) is 13.3. The van der Waals surface area contributed by atoms with E-state index < -0.39 is 0 Å². The SMILES string of the molecule is O=C(COc1ccc(Br)cc1)N/N=C/c1ccc(Br)o1. The average molecular weight is 402 g/mol. The van der Waals surface area contributed by atoms with E-state index in [4.69, 9.17) is 9.15 Å². The first-order valence-corrected chi connectivity index (χ1v) is 7.18. The van der Waals surface area contributed by atoms with Crippen molar-refractivity contribution in [2.24, 2.45) is 5.10 Å². The summed E-state index contributed by atoms with van der Waals surface area (Å²) in [4.78, 5) is 11.5. The van der Waals surface area contributed by atoms with E-state index in [-0.39, 0.29) is 12.5 Å². The van der Waals surface area contributed by atoms with Gasteiger partial charge in [-0.2, -0.15) is 5.10 Å². The lowest BCUT2D eigenvalue weighted by molar-refractivity contribution is -0.123. The minimum atomic E-state index is -0.352. The largest absolute Gasteiger partial charge is 0.484 e. The predicted molar refractivity (Wildman–Crippen MR) is 81.8 cm³/mol. The maximum absolute atomic E-state index is 11.5. The van der Waals surface area contributed by atoms with E-state index in [0.717, 1.165) is 4.47 Å². The van der Waals surface area contributed by atoms with Crippen LogP contribution in [0.15, 0.2) is 55.1 Å². The Hall–Kier alpha value is -1.60. The second-order valence-electron chi connectivity index (χ2n) is 3.68. The molecular formula is C13H10Br2N2O3. The number of nitrogens with one attached hydrogen (secondary N) is 1. The van der Waals surface area contributed by atoms with Crippen molar-refractivity contribution < 1.29 is 13.9 Å². The Kier molecular flexibility index (Phi) is 5.37. The fourth-order valence-electron chi connectivity index (χ4n) is 1.28. The summed E-state index contributed by atoms with van der Waals surface area (Å²) in [6.45, 7) is -0.110. The van der Waals surface area contributed by atoms with Crippen LogP contribution in [0, 0.1) is 0 Å². The van der Waals surface area contributed by atoms with Crippen LogP contribution >= 0.6 is 31.9 Å². The number of carbonyl (C=O) groups excluding carboxylic acids is 1. The maximum atomic E-state index is 11.5. The van der Waals surface area contributed by atoms with Gasteiger partial charge in [-0.1, -0.05) is 15.9 Å². The number of hydrazone groups is 1. The number of nitrogens with zero attached hydrogens (tertiary/aromatic N) is 1. The van der Waals surface area contributed by atoms with Crippen molar-refractivity contribution in [3.8, 4) is 5.75 Å². The van der Waals surface area contributed by atoms with Crippen LogP contribution in [0.4, 0.5) is 0 Å². The molecule has 1 aromatic heterocycles. The van der Waals surface area contributed by atoms with Gasteiger partial charge in [-0.15, -0.1) is 0 Å². The highest BCUT2D eigenvalue weighted by molar-refractivity contribution is 9.10. The molecule has 0 aliphatic heterocycles. The quantitative estimate of drug-likeness (QED) is 0.617. The molecule has 0 unspecified atom stereocenters. The van der Waals surface area contributed by atoms with E-state index in [2.05, 4.69) is 42.4 Å². The predicted octanol–water partition coefficient (Wildman–Crippen LogP) is 3.33. The Balaban J connectivity index is 1.75. The van der Waals surface area contributed by atoms with Crippen LogP contribution in [-0.4, -0.2) is 18.7 Å².